The zero-order valence-electron chi connectivity index (χ0n) is 8.59. The highest BCUT2D eigenvalue weighted by molar-refractivity contribution is 5.22. The van der Waals surface area contributed by atoms with Crippen LogP contribution in [0.25, 0.3) is 0 Å². The van der Waals surface area contributed by atoms with Gasteiger partial charge >= 0.3 is 0 Å². The minimum absolute atomic E-state index is 0.0938. The first-order chi connectivity index (χ1) is 5.36. The predicted octanol–water partition coefficient (Wildman–Crippen LogP) is 3.62. The van der Waals surface area contributed by atoms with Gasteiger partial charge < -0.3 is 0 Å². The summed E-state index contributed by atoms with van der Waals surface area (Å²) in [4.78, 5) is 0. The molecule has 1 aliphatic carbocycles. The summed E-state index contributed by atoms with van der Waals surface area (Å²) >= 11 is 0. The monoisotopic (exact) mass is 163 g/mol. The minimum Gasteiger partial charge on any atom is -0.0771 e. The molecule has 0 heteroatoms. The van der Waals surface area contributed by atoms with Gasteiger partial charge in [-0.05, 0) is 17.8 Å². The Hall–Kier alpha value is -0.520. The van der Waals surface area contributed by atoms with Crippen LogP contribution in [-0.4, -0.2) is 0 Å². The average molecular weight is 163 g/mol. The molecule has 0 nitrogen and oxygen atoms in total. The van der Waals surface area contributed by atoms with Gasteiger partial charge in [-0.2, -0.15) is 0 Å². The molecule has 0 aliphatic heterocycles. The molecule has 0 spiro atoms. The van der Waals surface area contributed by atoms with Gasteiger partial charge in [-0.25, -0.2) is 0 Å². The Bertz CT molecular complexity index is 199. The van der Waals surface area contributed by atoms with Crippen LogP contribution in [0, 0.1) is 23.7 Å². The van der Waals surface area contributed by atoms with Crippen molar-refractivity contribution in [2.75, 3.05) is 0 Å². The number of rotatable bonds is 1. The van der Waals surface area contributed by atoms with Crippen molar-refractivity contribution < 1.29 is 0 Å². The van der Waals surface area contributed by atoms with Gasteiger partial charge in [-0.3, -0.25) is 0 Å². The van der Waals surface area contributed by atoms with Gasteiger partial charge in [-0.1, -0.05) is 52.0 Å². The maximum absolute atomic E-state index is 4.32. The fraction of sp³-hybridized carbons (Fsp3) is 0.583. The molecule has 1 rings (SSSR count). The van der Waals surface area contributed by atoms with Crippen molar-refractivity contribution in [3.05, 3.63) is 31.2 Å². The molecule has 0 saturated heterocycles. The highest BCUT2D eigenvalue weighted by Crippen LogP contribution is 2.45. The van der Waals surface area contributed by atoms with E-state index in [4.69, 9.17) is 0 Å². The van der Waals surface area contributed by atoms with Crippen LogP contribution in [0.1, 0.15) is 27.7 Å². The molecule has 0 saturated carbocycles. The Morgan fingerprint density at radius 1 is 1.00 bits per heavy atom. The topological polar surface area (TPSA) is 0 Å². The quantitative estimate of drug-likeness (QED) is 0.554. The molecular formula is C12H19. The summed E-state index contributed by atoms with van der Waals surface area (Å²) in [6, 6.07) is 0. The summed E-state index contributed by atoms with van der Waals surface area (Å²) in [6.45, 7) is 13.3. The molecular weight excluding hydrogens is 144 g/mol. The molecule has 0 aromatic rings. The van der Waals surface area contributed by atoms with Gasteiger partial charge in [0.1, 0.15) is 0 Å². The van der Waals surface area contributed by atoms with E-state index in [1.807, 2.05) is 0 Å². The van der Waals surface area contributed by atoms with Crippen LogP contribution in [0.4, 0.5) is 0 Å². The zero-order valence-corrected chi connectivity index (χ0v) is 8.59. The Kier molecular flexibility index (Phi) is 2.20. The molecule has 1 atom stereocenters. The van der Waals surface area contributed by atoms with E-state index in [-0.39, 0.29) is 10.8 Å². The largest absolute Gasteiger partial charge is 0.0771 e. The molecule has 0 heterocycles. The molecule has 1 radical (unpaired) electrons. The zero-order chi connectivity index (χ0) is 9.41. The third-order valence-electron chi connectivity index (χ3n) is 3.20. The van der Waals surface area contributed by atoms with Crippen LogP contribution >= 0.6 is 0 Å². The van der Waals surface area contributed by atoms with Crippen LogP contribution in [0.5, 0.6) is 0 Å². The number of hydrogen-bond acceptors (Lipinski definition) is 0. The van der Waals surface area contributed by atoms with E-state index >= 15 is 0 Å². The molecule has 0 N–H and O–H groups in total. The van der Waals surface area contributed by atoms with E-state index in [1.165, 1.54) is 0 Å². The fourth-order valence-electron chi connectivity index (χ4n) is 1.36. The van der Waals surface area contributed by atoms with Crippen molar-refractivity contribution in [2.45, 2.75) is 27.7 Å². The summed E-state index contributed by atoms with van der Waals surface area (Å²) in [7, 11) is 0. The van der Waals surface area contributed by atoms with Gasteiger partial charge in [0.05, 0.1) is 0 Å². The van der Waals surface area contributed by atoms with E-state index in [1.54, 1.807) is 0 Å². The SMILES string of the molecule is [CH2]C(C)(C1C=CC=C1)C(C)(C)C. The first-order valence-electron chi connectivity index (χ1n) is 4.56. The van der Waals surface area contributed by atoms with Crippen molar-refractivity contribution in [3.8, 4) is 0 Å². The number of allylic oxidation sites excluding steroid dienone is 4. The molecule has 12 heavy (non-hydrogen) atoms. The van der Waals surface area contributed by atoms with E-state index in [2.05, 4.69) is 58.9 Å². The second-order valence-electron chi connectivity index (χ2n) is 4.96. The maximum atomic E-state index is 4.32. The second kappa shape index (κ2) is 2.76. The first kappa shape index (κ1) is 9.57. The third kappa shape index (κ3) is 1.48. The molecule has 0 amide bonds. The highest BCUT2D eigenvalue weighted by Gasteiger charge is 2.38. The molecule has 0 aromatic heterocycles. The maximum Gasteiger partial charge on any atom is 0.00116 e. The van der Waals surface area contributed by atoms with E-state index in [0.717, 1.165) is 0 Å². The summed E-state index contributed by atoms with van der Waals surface area (Å²) < 4.78 is 0. The Morgan fingerprint density at radius 2 is 1.42 bits per heavy atom. The van der Waals surface area contributed by atoms with Crippen molar-refractivity contribution in [3.63, 3.8) is 0 Å². The summed E-state index contributed by atoms with van der Waals surface area (Å²) in [6.07, 6.45) is 8.69. The van der Waals surface area contributed by atoms with Crippen LogP contribution in [0.3, 0.4) is 0 Å². The van der Waals surface area contributed by atoms with E-state index < -0.39 is 0 Å². The van der Waals surface area contributed by atoms with Gasteiger partial charge in [0.15, 0.2) is 0 Å². The van der Waals surface area contributed by atoms with Crippen LogP contribution in [0.2, 0.25) is 0 Å². The Labute approximate surface area is 76.4 Å². The first-order valence-corrected chi connectivity index (χ1v) is 4.56. The van der Waals surface area contributed by atoms with Crippen LogP contribution < -0.4 is 0 Å². The van der Waals surface area contributed by atoms with Gasteiger partial charge in [-0.15, -0.1) is 0 Å². The van der Waals surface area contributed by atoms with Crippen molar-refractivity contribution in [2.24, 2.45) is 16.7 Å². The molecule has 0 fully saturated rings. The van der Waals surface area contributed by atoms with E-state index in [9.17, 15) is 0 Å². The van der Waals surface area contributed by atoms with Gasteiger partial charge in [0.25, 0.3) is 0 Å². The minimum atomic E-state index is 0.0938. The third-order valence-corrected chi connectivity index (χ3v) is 3.20. The molecule has 67 valence electrons. The summed E-state index contributed by atoms with van der Waals surface area (Å²) in [5.41, 5.74) is 0.340. The fourth-order valence-corrected chi connectivity index (χ4v) is 1.36. The lowest BCUT2D eigenvalue weighted by Crippen LogP contribution is -2.35. The van der Waals surface area contributed by atoms with E-state index in [0.29, 0.717) is 5.92 Å². The highest BCUT2D eigenvalue weighted by atomic mass is 14.4. The van der Waals surface area contributed by atoms with Crippen LogP contribution in [-0.2, 0) is 0 Å². The Balaban J connectivity index is 2.85. The average Bonchev–Trinajstić information content (AvgIpc) is 2.34. The molecule has 0 aromatic carbocycles. The normalized spacial score (nSPS) is 19.1. The van der Waals surface area contributed by atoms with Gasteiger partial charge in [0.2, 0.25) is 0 Å². The van der Waals surface area contributed by atoms with Crippen molar-refractivity contribution in [1.29, 1.82) is 0 Å². The van der Waals surface area contributed by atoms with Gasteiger partial charge in [0, 0.05) is 5.92 Å². The molecule has 0 bridgehead atoms. The number of hydrogen-bond donors (Lipinski definition) is 0. The van der Waals surface area contributed by atoms with Crippen molar-refractivity contribution >= 4 is 0 Å². The Morgan fingerprint density at radius 3 is 1.75 bits per heavy atom. The molecule has 1 unspecified atom stereocenters. The smallest absolute Gasteiger partial charge is 0.00116 e. The van der Waals surface area contributed by atoms with Crippen LogP contribution in [0.15, 0.2) is 24.3 Å². The lowest BCUT2D eigenvalue weighted by Gasteiger charge is -2.42. The second-order valence-corrected chi connectivity index (χ2v) is 4.96. The summed E-state index contributed by atoms with van der Waals surface area (Å²) in [5.74, 6) is 0.498. The molecule has 1 aliphatic rings. The summed E-state index contributed by atoms with van der Waals surface area (Å²) in [5, 5.41) is 0. The van der Waals surface area contributed by atoms with Crippen molar-refractivity contribution in [1.82, 2.24) is 0 Å². The standard InChI is InChI=1S/C12H19/c1-11(2,3)12(4,5)10-8-6-7-9-10/h6-10H,4H2,1-3,5H3. The lowest BCUT2D eigenvalue weighted by atomic mass is 9.62. The lowest BCUT2D eigenvalue weighted by molar-refractivity contribution is 0.133. The predicted molar refractivity (Wildman–Crippen MR) is 54.7 cm³/mol.